The standard InChI is InChI=1S/C19H14F3N/c1-2-11-7-16(20)18(17(21)8-11)13-5-6-15-12(9-13)3-4-14(10-23)19(15)22/h3-5,7-8H,2,6,9H2,1H3. The number of hydrogen-bond acceptors (Lipinski definition) is 1. The van der Waals surface area contributed by atoms with Crippen LogP contribution in [0.3, 0.4) is 0 Å². The van der Waals surface area contributed by atoms with Crippen LogP contribution in [0, 0.1) is 28.8 Å². The number of halogens is 3. The van der Waals surface area contributed by atoms with Crippen molar-refractivity contribution in [2.75, 3.05) is 0 Å². The van der Waals surface area contributed by atoms with Gasteiger partial charge < -0.3 is 0 Å². The molecule has 0 amide bonds. The van der Waals surface area contributed by atoms with Gasteiger partial charge in [0.05, 0.1) is 5.56 Å². The highest BCUT2D eigenvalue weighted by atomic mass is 19.1. The fraction of sp³-hybridized carbons (Fsp3) is 0.211. The zero-order chi connectivity index (χ0) is 16.6. The molecular formula is C19H14F3N. The van der Waals surface area contributed by atoms with Gasteiger partial charge in [0.1, 0.15) is 23.5 Å². The van der Waals surface area contributed by atoms with Crippen LogP contribution in [0.15, 0.2) is 30.3 Å². The summed E-state index contributed by atoms with van der Waals surface area (Å²) in [5.74, 6) is -1.72. The third-order valence-corrected chi connectivity index (χ3v) is 4.23. The molecule has 0 N–H and O–H groups in total. The molecule has 0 unspecified atom stereocenters. The van der Waals surface area contributed by atoms with Crippen LogP contribution in [-0.2, 0) is 19.3 Å². The highest BCUT2D eigenvalue weighted by molar-refractivity contribution is 5.72. The van der Waals surface area contributed by atoms with E-state index in [0.717, 1.165) is 0 Å². The van der Waals surface area contributed by atoms with Crippen molar-refractivity contribution in [1.82, 2.24) is 0 Å². The Hall–Kier alpha value is -2.54. The van der Waals surface area contributed by atoms with Gasteiger partial charge in [-0.15, -0.1) is 0 Å². The number of allylic oxidation sites excluding steroid dienone is 2. The average molecular weight is 313 g/mol. The van der Waals surface area contributed by atoms with Crippen LogP contribution in [0.1, 0.15) is 34.7 Å². The van der Waals surface area contributed by atoms with E-state index in [1.807, 2.05) is 6.92 Å². The summed E-state index contributed by atoms with van der Waals surface area (Å²) in [4.78, 5) is 0. The number of hydrogen-bond donors (Lipinski definition) is 0. The molecule has 23 heavy (non-hydrogen) atoms. The number of nitriles is 1. The summed E-state index contributed by atoms with van der Waals surface area (Å²) >= 11 is 0. The Morgan fingerprint density at radius 3 is 2.43 bits per heavy atom. The molecule has 0 heterocycles. The highest BCUT2D eigenvalue weighted by Gasteiger charge is 2.22. The van der Waals surface area contributed by atoms with Gasteiger partial charge >= 0.3 is 0 Å². The summed E-state index contributed by atoms with van der Waals surface area (Å²) in [6.07, 6.45) is 2.66. The maximum atomic E-state index is 14.3. The van der Waals surface area contributed by atoms with E-state index in [4.69, 9.17) is 5.26 Å². The van der Waals surface area contributed by atoms with E-state index in [1.165, 1.54) is 18.2 Å². The third kappa shape index (κ3) is 2.63. The van der Waals surface area contributed by atoms with Crippen LogP contribution in [0.4, 0.5) is 13.2 Å². The molecule has 0 saturated carbocycles. The van der Waals surface area contributed by atoms with Crippen LogP contribution < -0.4 is 0 Å². The van der Waals surface area contributed by atoms with Crippen LogP contribution in [-0.4, -0.2) is 0 Å². The van der Waals surface area contributed by atoms with Gasteiger partial charge in [-0.3, -0.25) is 0 Å². The van der Waals surface area contributed by atoms with E-state index in [1.54, 1.807) is 18.2 Å². The Morgan fingerprint density at radius 1 is 1.13 bits per heavy atom. The smallest absolute Gasteiger partial charge is 0.144 e. The number of rotatable bonds is 2. The van der Waals surface area contributed by atoms with Crippen molar-refractivity contribution in [2.45, 2.75) is 26.2 Å². The molecule has 3 rings (SSSR count). The summed E-state index contributed by atoms with van der Waals surface area (Å²) < 4.78 is 42.7. The van der Waals surface area contributed by atoms with Crippen molar-refractivity contribution < 1.29 is 13.2 Å². The predicted octanol–water partition coefficient (Wildman–Crippen LogP) is 4.72. The van der Waals surface area contributed by atoms with Gasteiger partial charge in [0.15, 0.2) is 0 Å². The van der Waals surface area contributed by atoms with Gasteiger partial charge in [-0.2, -0.15) is 5.26 Å². The third-order valence-electron chi connectivity index (χ3n) is 4.23. The minimum absolute atomic E-state index is 0.00902. The summed E-state index contributed by atoms with van der Waals surface area (Å²) in [6, 6.07) is 7.55. The van der Waals surface area contributed by atoms with E-state index >= 15 is 0 Å². The lowest BCUT2D eigenvalue weighted by Crippen LogP contribution is -2.09. The SMILES string of the molecule is CCc1cc(F)c(C2=CCc3c(ccc(C#N)c3F)C2)c(F)c1. The van der Waals surface area contributed by atoms with E-state index in [2.05, 4.69) is 0 Å². The van der Waals surface area contributed by atoms with E-state index in [0.29, 0.717) is 28.7 Å². The summed E-state index contributed by atoms with van der Waals surface area (Å²) in [5.41, 5.74) is 2.16. The predicted molar refractivity (Wildman–Crippen MR) is 82.2 cm³/mol. The molecule has 1 aliphatic carbocycles. The fourth-order valence-electron chi connectivity index (χ4n) is 2.96. The van der Waals surface area contributed by atoms with Crippen LogP contribution in [0.2, 0.25) is 0 Å². The first-order chi connectivity index (χ1) is 11.0. The molecule has 0 saturated heterocycles. The Balaban J connectivity index is 2.03. The Kier molecular flexibility index (Phi) is 3.96. The van der Waals surface area contributed by atoms with Crippen LogP contribution >= 0.6 is 0 Å². The Labute approximate surface area is 132 Å². The van der Waals surface area contributed by atoms with E-state index < -0.39 is 17.5 Å². The van der Waals surface area contributed by atoms with Gasteiger partial charge in [0.2, 0.25) is 0 Å². The molecule has 0 atom stereocenters. The van der Waals surface area contributed by atoms with E-state index in [9.17, 15) is 13.2 Å². The normalized spacial score (nSPS) is 13.3. The molecule has 0 spiro atoms. The lowest BCUT2D eigenvalue weighted by molar-refractivity contribution is 0.572. The number of benzene rings is 2. The summed E-state index contributed by atoms with van der Waals surface area (Å²) in [6.45, 7) is 1.83. The van der Waals surface area contributed by atoms with Gasteiger partial charge in [0, 0.05) is 5.56 Å². The number of aryl methyl sites for hydroxylation is 1. The lowest BCUT2D eigenvalue weighted by atomic mass is 9.86. The topological polar surface area (TPSA) is 23.8 Å². The Morgan fingerprint density at radius 2 is 1.83 bits per heavy atom. The quantitative estimate of drug-likeness (QED) is 0.787. The first kappa shape index (κ1) is 15.4. The maximum Gasteiger partial charge on any atom is 0.144 e. The maximum absolute atomic E-state index is 14.3. The second-order valence-corrected chi connectivity index (χ2v) is 5.57. The first-order valence-electron chi connectivity index (χ1n) is 7.42. The lowest BCUT2D eigenvalue weighted by Gasteiger charge is -2.19. The van der Waals surface area contributed by atoms with Crippen molar-refractivity contribution in [1.29, 1.82) is 5.26 Å². The van der Waals surface area contributed by atoms with Crippen molar-refractivity contribution in [2.24, 2.45) is 0 Å². The molecule has 2 aromatic carbocycles. The van der Waals surface area contributed by atoms with Crippen LogP contribution in [0.5, 0.6) is 0 Å². The highest BCUT2D eigenvalue weighted by Crippen LogP contribution is 2.33. The molecule has 0 bridgehead atoms. The summed E-state index contributed by atoms with van der Waals surface area (Å²) in [7, 11) is 0. The van der Waals surface area contributed by atoms with Gasteiger partial charge in [-0.1, -0.05) is 19.1 Å². The molecule has 116 valence electrons. The summed E-state index contributed by atoms with van der Waals surface area (Å²) in [5, 5.41) is 8.87. The second-order valence-electron chi connectivity index (χ2n) is 5.57. The molecule has 2 aromatic rings. The second kappa shape index (κ2) is 5.92. The average Bonchev–Trinajstić information content (AvgIpc) is 2.54. The number of nitrogens with zero attached hydrogens (tertiary/aromatic N) is 1. The van der Waals surface area contributed by atoms with Gasteiger partial charge in [0.25, 0.3) is 0 Å². The van der Waals surface area contributed by atoms with Crippen molar-refractivity contribution >= 4 is 5.57 Å². The Bertz CT molecular complexity index is 837. The zero-order valence-electron chi connectivity index (χ0n) is 12.6. The molecule has 0 aromatic heterocycles. The van der Waals surface area contributed by atoms with Crippen LogP contribution in [0.25, 0.3) is 5.57 Å². The van der Waals surface area contributed by atoms with Crippen molar-refractivity contribution in [3.05, 3.63) is 75.6 Å². The molecule has 1 aliphatic rings. The minimum atomic E-state index is -0.592. The molecule has 0 fully saturated rings. The fourth-order valence-corrected chi connectivity index (χ4v) is 2.96. The molecule has 1 nitrogen and oxygen atoms in total. The van der Waals surface area contributed by atoms with Gasteiger partial charge in [-0.25, -0.2) is 13.2 Å². The molecule has 0 radical (unpaired) electrons. The van der Waals surface area contributed by atoms with Crippen molar-refractivity contribution in [3.8, 4) is 6.07 Å². The first-order valence-corrected chi connectivity index (χ1v) is 7.42. The monoisotopic (exact) mass is 313 g/mol. The zero-order valence-corrected chi connectivity index (χ0v) is 12.6. The number of fused-ring (bicyclic) bond motifs is 1. The molecule has 4 heteroatoms. The largest absolute Gasteiger partial charge is 0.206 e. The van der Waals surface area contributed by atoms with Gasteiger partial charge in [-0.05, 0) is 59.7 Å². The minimum Gasteiger partial charge on any atom is -0.206 e. The molecule has 0 aliphatic heterocycles. The van der Waals surface area contributed by atoms with E-state index in [-0.39, 0.29) is 24.0 Å². The molecular weight excluding hydrogens is 299 g/mol. The van der Waals surface area contributed by atoms with Crippen molar-refractivity contribution in [3.63, 3.8) is 0 Å².